The quantitative estimate of drug-likeness (QED) is 0.589. The molecule has 0 aliphatic carbocycles. The molecule has 14 heavy (non-hydrogen) atoms. The first-order valence-electron chi connectivity index (χ1n) is 4.50. The Morgan fingerprint density at radius 1 is 1.57 bits per heavy atom. The van der Waals surface area contributed by atoms with E-state index in [0.717, 1.165) is 12.0 Å². The molecule has 0 radical (unpaired) electrons. The fourth-order valence-electron chi connectivity index (χ4n) is 1.42. The summed E-state index contributed by atoms with van der Waals surface area (Å²) in [6, 6.07) is 5.19. The van der Waals surface area contributed by atoms with Crippen LogP contribution in [0.3, 0.4) is 0 Å². The van der Waals surface area contributed by atoms with Crippen LogP contribution in [0.5, 0.6) is 0 Å². The second kappa shape index (κ2) is 4.19. The lowest BCUT2D eigenvalue weighted by molar-refractivity contribution is -0.385. The average Bonchev–Trinajstić information content (AvgIpc) is 2.01. The molecular formula is C10H14N2O2. The van der Waals surface area contributed by atoms with Crippen molar-refractivity contribution in [3.8, 4) is 0 Å². The van der Waals surface area contributed by atoms with Crippen molar-refractivity contribution in [1.29, 1.82) is 0 Å². The van der Waals surface area contributed by atoms with Gasteiger partial charge in [0.05, 0.1) is 4.92 Å². The van der Waals surface area contributed by atoms with E-state index in [1.807, 2.05) is 13.0 Å². The van der Waals surface area contributed by atoms with E-state index in [2.05, 4.69) is 0 Å². The van der Waals surface area contributed by atoms with Gasteiger partial charge in [-0.25, -0.2) is 0 Å². The first-order valence-corrected chi connectivity index (χ1v) is 4.50. The number of hydrogen-bond donors (Lipinski definition) is 1. The van der Waals surface area contributed by atoms with E-state index in [1.54, 1.807) is 13.0 Å². The van der Waals surface area contributed by atoms with Gasteiger partial charge in [0.25, 0.3) is 5.69 Å². The minimum atomic E-state index is -0.370. The molecule has 0 spiro atoms. The van der Waals surface area contributed by atoms with E-state index in [4.69, 9.17) is 5.73 Å². The van der Waals surface area contributed by atoms with Gasteiger partial charge in [-0.05, 0) is 31.9 Å². The van der Waals surface area contributed by atoms with E-state index >= 15 is 0 Å². The Labute approximate surface area is 82.9 Å². The molecule has 0 fully saturated rings. The number of rotatable bonds is 3. The van der Waals surface area contributed by atoms with Gasteiger partial charge in [-0.15, -0.1) is 0 Å². The average molecular weight is 194 g/mol. The fourth-order valence-corrected chi connectivity index (χ4v) is 1.42. The van der Waals surface area contributed by atoms with Crippen LogP contribution in [0.4, 0.5) is 5.69 Å². The van der Waals surface area contributed by atoms with Crippen molar-refractivity contribution < 1.29 is 4.92 Å². The normalized spacial score (nSPS) is 12.5. The number of nitro groups is 1. The number of nitrogens with zero attached hydrogens (tertiary/aromatic N) is 1. The summed E-state index contributed by atoms with van der Waals surface area (Å²) in [7, 11) is 0. The van der Waals surface area contributed by atoms with Gasteiger partial charge in [0.2, 0.25) is 0 Å². The molecule has 1 atom stereocenters. The molecule has 2 N–H and O–H groups in total. The van der Waals surface area contributed by atoms with Crippen molar-refractivity contribution in [2.45, 2.75) is 26.3 Å². The number of nitrogens with two attached hydrogens (primary N) is 1. The molecule has 1 unspecified atom stereocenters. The standard InChI is InChI=1S/C10H14N2O2/c1-7-5-9(6-8(2)11)3-4-10(7)12(13)14/h3-5,8H,6,11H2,1-2H3. The molecule has 0 amide bonds. The Bertz CT molecular complexity index is 348. The lowest BCUT2D eigenvalue weighted by Crippen LogP contribution is -2.17. The molecule has 76 valence electrons. The second-order valence-electron chi connectivity index (χ2n) is 3.56. The summed E-state index contributed by atoms with van der Waals surface area (Å²) in [5, 5.41) is 10.5. The number of aryl methyl sites for hydroxylation is 1. The maximum absolute atomic E-state index is 10.5. The highest BCUT2D eigenvalue weighted by molar-refractivity contribution is 5.41. The largest absolute Gasteiger partial charge is 0.328 e. The minimum absolute atomic E-state index is 0.0795. The summed E-state index contributed by atoms with van der Waals surface area (Å²) in [6.45, 7) is 3.65. The minimum Gasteiger partial charge on any atom is -0.328 e. The maximum atomic E-state index is 10.5. The highest BCUT2D eigenvalue weighted by atomic mass is 16.6. The third kappa shape index (κ3) is 2.53. The van der Waals surface area contributed by atoms with E-state index in [-0.39, 0.29) is 16.7 Å². The molecule has 1 rings (SSSR count). The van der Waals surface area contributed by atoms with Crippen molar-refractivity contribution in [2.24, 2.45) is 5.73 Å². The van der Waals surface area contributed by atoms with E-state index in [9.17, 15) is 10.1 Å². The van der Waals surface area contributed by atoms with E-state index < -0.39 is 0 Å². The molecule has 0 aliphatic rings. The SMILES string of the molecule is Cc1cc(CC(C)N)ccc1[N+](=O)[O-]. The van der Waals surface area contributed by atoms with Crippen LogP contribution in [0.2, 0.25) is 0 Å². The predicted molar refractivity (Wildman–Crippen MR) is 55.2 cm³/mol. The van der Waals surface area contributed by atoms with Crippen LogP contribution < -0.4 is 5.73 Å². The van der Waals surface area contributed by atoms with Gasteiger partial charge in [0.15, 0.2) is 0 Å². The third-order valence-electron chi connectivity index (χ3n) is 2.02. The van der Waals surface area contributed by atoms with Gasteiger partial charge in [0, 0.05) is 17.7 Å². The molecule has 4 nitrogen and oxygen atoms in total. The summed E-state index contributed by atoms with van der Waals surface area (Å²) >= 11 is 0. The summed E-state index contributed by atoms with van der Waals surface area (Å²) in [5.41, 5.74) is 7.54. The third-order valence-corrected chi connectivity index (χ3v) is 2.02. The van der Waals surface area contributed by atoms with E-state index in [0.29, 0.717) is 5.56 Å². The highest BCUT2D eigenvalue weighted by Crippen LogP contribution is 2.19. The molecule has 4 heteroatoms. The summed E-state index contributed by atoms with van der Waals surface area (Å²) < 4.78 is 0. The van der Waals surface area contributed by atoms with Gasteiger partial charge >= 0.3 is 0 Å². The van der Waals surface area contributed by atoms with Crippen molar-refractivity contribution in [2.75, 3.05) is 0 Å². The van der Waals surface area contributed by atoms with Gasteiger partial charge in [-0.2, -0.15) is 0 Å². The Morgan fingerprint density at radius 3 is 2.64 bits per heavy atom. The van der Waals surface area contributed by atoms with Crippen LogP contribution in [0.25, 0.3) is 0 Å². The zero-order chi connectivity index (χ0) is 10.7. The fraction of sp³-hybridized carbons (Fsp3) is 0.400. The second-order valence-corrected chi connectivity index (χ2v) is 3.56. The number of benzene rings is 1. The van der Waals surface area contributed by atoms with Gasteiger partial charge in [0.1, 0.15) is 0 Å². The first-order chi connectivity index (χ1) is 6.50. The van der Waals surface area contributed by atoms with Crippen LogP contribution in [-0.4, -0.2) is 11.0 Å². The Kier molecular flexibility index (Phi) is 3.19. The van der Waals surface area contributed by atoms with Crippen molar-refractivity contribution in [3.63, 3.8) is 0 Å². The highest BCUT2D eigenvalue weighted by Gasteiger charge is 2.10. The lowest BCUT2D eigenvalue weighted by atomic mass is 10.0. The molecule has 1 aromatic rings. The van der Waals surface area contributed by atoms with Crippen LogP contribution in [-0.2, 0) is 6.42 Å². The molecular weight excluding hydrogens is 180 g/mol. The van der Waals surface area contributed by atoms with Gasteiger partial charge in [-0.3, -0.25) is 10.1 Å². The summed E-state index contributed by atoms with van der Waals surface area (Å²) in [5.74, 6) is 0. The predicted octanol–water partition coefficient (Wildman–Crippen LogP) is 1.79. The van der Waals surface area contributed by atoms with Crippen LogP contribution in [0.1, 0.15) is 18.1 Å². The van der Waals surface area contributed by atoms with Gasteiger partial charge < -0.3 is 5.73 Å². The van der Waals surface area contributed by atoms with Crippen molar-refractivity contribution in [1.82, 2.24) is 0 Å². The summed E-state index contributed by atoms with van der Waals surface area (Å²) in [6.07, 6.45) is 0.749. The first kappa shape index (κ1) is 10.7. The van der Waals surface area contributed by atoms with Crippen molar-refractivity contribution in [3.05, 3.63) is 39.4 Å². The van der Waals surface area contributed by atoms with E-state index in [1.165, 1.54) is 6.07 Å². The zero-order valence-electron chi connectivity index (χ0n) is 8.36. The number of hydrogen-bond acceptors (Lipinski definition) is 3. The molecule has 0 aliphatic heterocycles. The van der Waals surface area contributed by atoms with Crippen LogP contribution >= 0.6 is 0 Å². The smallest absolute Gasteiger partial charge is 0.272 e. The van der Waals surface area contributed by atoms with Crippen molar-refractivity contribution >= 4 is 5.69 Å². The Balaban J connectivity index is 2.94. The molecule has 0 bridgehead atoms. The zero-order valence-corrected chi connectivity index (χ0v) is 8.36. The van der Waals surface area contributed by atoms with Crippen LogP contribution in [0, 0.1) is 17.0 Å². The lowest BCUT2D eigenvalue weighted by Gasteiger charge is -2.05. The molecule has 1 aromatic carbocycles. The number of nitro benzene ring substituents is 1. The molecule has 0 saturated carbocycles. The topological polar surface area (TPSA) is 69.2 Å². The van der Waals surface area contributed by atoms with Gasteiger partial charge in [-0.1, -0.05) is 6.07 Å². The summed E-state index contributed by atoms with van der Waals surface area (Å²) in [4.78, 5) is 10.2. The maximum Gasteiger partial charge on any atom is 0.272 e. The molecule has 0 heterocycles. The molecule has 0 saturated heterocycles. The monoisotopic (exact) mass is 194 g/mol. The Morgan fingerprint density at radius 2 is 2.21 bits per heavy atom. The molecule has 0 aromatic heterocycles. The Hall–Kier alpha value is -1.42. The van der Waals surface area contributed by atoms with Crippen LogP contribution in [0.15, 0.2) is 18.2 Å².